The van der Waals surface area contributed by atoms with E-state index in [1.54, 1.807) is 6.92 Å². The predicted molar refractivity (Wildman–Crippen MR) is 70.2 cm³/mol. The summed E-state index contributed by atoms with van der Waals surface area (Å²) in [5.41, 5.74) is -0.00897. The van der Waals surface area contributed by atoms with Crippen LogP contribution in [0, 0.1) is 17.0 Å². The van der Waals surface area contributed by atoms with Crippen LogP contribution in [0.5, 0.6) is 0 Å². The molecule has 0 heterocycles. The van der Waals surface area contributed by atoms with Crippen LogP contribution in [0.25, 0.3) is 0 Å². The number of amides is 1. The van der Waals surface area contributed by atoms with Crippen molar-refractivity contribution < 1.29 is 13.6 Å². The Kier molecular flexibility index (Phi) is 3.73. The van der Waals surface area contributed by atoms with Crippen LogP contribution in [-0.2, 0) is 0 Å². The zero-order chi connectivity index (χ0) is 14.0. The van der Waals surface area contributed by atoms with Gasteiger partial charge >= 0.3 is 0 Å². The molecular weight excluding hydrogens is 250 g/mol. The van der Waals surface area contributed by atoms with E-state index in [1.165, 1.54) is 0 Å². The van der Waals surface area contributed by atoms with Crippen molar-refractivity contribution in [2.75, 3.05) is 18.4 Å². The summed E-state index contributed by atoms with van der Waals surface area (Å²) >= 11 is 0. The van der Waals surface area contributed by atoms with E-state index < -0.39 is 17.5 Å². The van der Waals surface area contributed by atoms with Gasteiger partial charge in [-0.25, -0.2) is 8.78 Å². The number of carbonyl (C=O) groups excluding carboxylic acids is 1. The maximum Gasteiger partial charge on any atom is 0.251 e. The molecule has 104 valence electrons. The lowest BCUT2D eigenvalue weighted by Gasteiger charge is -2.12. The lowest BCUT2D eigenvalue weighted by molar-refractivity contribution is 0.0945. The van der Waals surface area contributed by atoms with Gasteiger partial charge in [0, 0.05) is 18.7 Å². The molecule has 0 aliphatic heterocycles. The van der Waals surface area contributed by atoms with E-state index in [0.29, 0.717) is 13.1 Å². The average molecular weight is 268 g/mol. The minimum Gasteiger partial charge on any atom is -0.381 e. The summed E-state index contributed by atoms with van der Waals surface area (Å²) in [4.78, 5) is 11.8. The second kappa shape index (κ2) is 5.15. The van der Waals surface area contributed by atoms with E-state index in [2.05, 4.69) is 17.6 Å². The highest BCUT2D eigenvalue weighted by Gasteiger charge is 2.37. The molecule has 3 nitrogen and oxygen atoms in total. The number of hydrogen-bond donors (Lipinski definition) is 2. The topological polar surface area (TPSA) is 41.1 Å². The van der Waals surface area contributed by atoms with E-state index in [1.807, 2.05) is 0 Å². The first kappa shape index (κ1) is 13.8. The van der Waals surface area contributed by atoms with E-state index in [-0.39, 0.29) is 16.7 Å². The van der Waals surface area contributed by atoms with E-state index >= 15 is 0 Å². The summed E-state index contributed by atoms with van der Waals surface area (Å²) in [7, 11) is 0. The Labute approximate surface area is 111 Å². The zero-order valence-electron chi connectivity index (χ0n) is 11.1. The first-order chi connectivity index (χ1) is 8.95. The van der Waals surface area contributed by atoms with Crippen LogP contribution < -0.4 is 10.6 Å². The molecule has 1 aromatic carbocycles. The minimum absolute atomic E-state index is 0.0147. The molecular formula is C14H18F2N2O. The molecule has 1 aliphatic carbocycles. The number of hydrogen-bond acceptors (Lipinski definition) is 2. The number of benzene rings is 1. The Bertz CT molecular complexity index is 475. The van der Waals surface area contributed by atoms with Crippen LogP contribution in [0.15, 0.2) is 12.1 Å². The van der Waals surface area contributed by atoms with Gasteiger partial charge in [-0.2, -0.15) is 0 Å². The standard InChI is InChI=1S/C14H18F2N2O/c1-3-17-12-10(15)6-9(7-11(12)16)13(19)18-8-14(2)4-5-14/h6-7,17H,3-5,8H2,1-2H3,(H,18,19). The van der Waals surface area contributed by atoms with Crippen molar-refractivity contribution in [2.45, 2.75) is 26.7 Å². The molecule has 1 aromatic rings. The molecule has 2 rings (SSSR count). The van der Waals surface area contributed by atoms with Gasteiger partial charge < -0.3 is 10.6 Å². The maximum atomic E-state index is 13.7. The quantitative estimate of drug-likeness (QED) is 0.862. The van der Waals surface area contributed by atoms with Crippen LogP contribution in [-0.4, -0.2) is 19.0 Å². The first-order valence-electron chi connectivity index (χ1n) is 6.46. The lowest BCUT2D eigenvalue weighted by Crippen LogP contribution is -2.29. The molecule has 0 radical (unpaired) electrons. The predicted octanol–water partition coefficient (Wildman–Crippen LogP) is 2.93. The summed E-state index contributed by atoms with van der Waals surface area (Å²) in [5, 5.41) is 5.31. The Morgan fingerprint density at radius 1 is 1.32 bits per heavy atom. The minimum atomic E-state index is -0.746. The van der Waals surface area contributed by atoms with Gasteiger partial charge in [0.1, 0.15) is 17.3 Å². The monoisotopic (exact) mass is 268 g/mol. The lowest BCUT2D eigenvalue weighted by atomic mass is 10.1. The van der Waals surface area contributed by atoms with Gasteiger partial charge in [0.05, 0.1) is 0 Å². The van der Waals surface area contributed by atoms with Crippen LogP contribution in [0.3, 0.4) is 0 Å². The van der Waals surface area contributed by atoms with Crippen molar-refractivity contribution >= 4 is 11.6 Å². The van der Waals surface area contributed by atoms with Crippen molar-refractivity contribution in [3.63, 3.8) is 0 Å². The van der Waals surface area contributed by atoms with Crippen LogP contribution >= 0.6 is 0 Å². The summed E-state index contributed by atoms with van der Waals surface area (Å²) in [6, 6.07) is 2.12. The number of carbonyl (C=O) groups is 1. The average Bonchev–Trinajstić information content (AvgIpc) is 3.09. The van der Waals surface area contributed by atoms with Gasteiger partial charge in [-0.05, 0) is 37.3 Å². The molecule has 0 atom stereocenters. The fourth-order valence-electron chi connectivity index (χ4n) is 1.84. The Hall–Kier alpha value is -1.65. The molecule has 0 saturated heterocycles. The van der Waals surface area contributed by atoms with Gasteiger partial charge in [0.25, 0.3) is 5.91 Å². The SMILES string of the molecule is CCNc1c(F)cc(C(=O)NCC2(C)CC2)cc1F. The summed E-state index contributed by atoms with van der Waals surface area (Å²) < 4.78 is 27.3. The van der Waals surface area contributed by atoms with Crippen molar-refractivity contribution in [1.82, 2.24) is 5.32 Å². The fraction of sp³-hybridized carbons (Fsp3) is 0.500. The Morgan fingerprint density at radius 3 is 2.37 bits per heavy atom. The van der Waals surface area contributed by atoms with Crippen LogP contribution in [0.4, 0.5) is 14.5 Å². The summed E-state index contributed by atoms with van der Waals surface area (Å²) in [6.07, 6.45) is 2.16. The van der Waals surface area contributed by atoms with Crippen molar-refractivity contribution in [1.29, 1.82) is 0 Å². The normalized spacial score (nSPS) is 16.0. The largest absolute Gasteiger partial charge is 0.381 e. The van der Waals surface area contributed by atoms with E-state index in [4.69, 9.17) is 0 Å². The number of halogens is 2. The van der Waals surface area contributed by atoms with Gasteiger partial charge in [-0.15, -0.1) is 0 Å². The molecule has 1 amide bonds. The molecule has 0 unspecified atom stereocenters. The fourth-order valence-corrected chi connectivity index (χ4v) is 1.84. The number of rotatable bonds is 5. The highest BCUT2D eigenvalue weighted by molar-refractivity contribution is 5.94. The van der Waals surface area contributed by atoms with Gasteiger partial charge in [0.2, 0.25) is 0 Å². The second-order valence-corrected chi connectivity index (χ2v) is 5.34. The van der Waals surface area contributed by atoms with Gasteiger partial charge in [-0.1, -0.05) is 6.92 Å². The van der Waals surface area contributed by atoms with Crippen molar-refractivity contribution in [3.8, 4) is 0 Å². The highest BCUT2D eigenvalue weighted by Crippen LogP contribution is 2.44. The maximum absolute atomic E-state index is 13.7. The second-order valence-electron chi connectivity index (χ2n) is 5.34. The van der Waals surface area contributed by atoms with Crippen LogP contribution in [0.2, 0.25) is 0 Å². The third-order valence-electron chi connectivity index (χ3n) is 3.44. The number of anilines is 1. The molecule has 1 fully saturated rings. The highest BCUT2D eigenvalue weighted by atomic mass is 19.1. The van der Waals surface area contributed by atoms with E-state index in [9.17, 15) is 13.6 Å². The molecule has 0 aromatic heterocycles. The molecule has 19 heavy (non-hydrogen) atoms. The first-order valence-corrected chi connectivity index (χ1v) is 6.46. The summed E-state index contributed by atoms with van der Waals surface area (Å²) in [6.45, 7) is 4.78. The van der Waals surface area contributed by atoms with Crippen molar-refractivity contribution in [2.24, 2.45) is 5.41 Å². The third kappa shape index (κ3) is 3.22. The number of nitrogens with one attached hydrogen (secondary N) is 2. The Balaban J connectivity index is 2.09. The molecule has 0 spiro atoms. The summed E-state index contributed by atoms with van der Waals surface area (Å²) in [5.74, 6) is -1.93. The molecule has 5 heteroatoms. The third-order valence-corrected chi connectivity index (χ3v) is 3.44. The Morgan fingerprint density at radius 2 is 1.89 bits per heavy atom. The van der Waals surface area contributed by atoms with Crippen LogP contribution in [0.1, 0.15) is 37.0 Å². The smallest absolute Gasteiger partial charge is 0.251 e. The molecule has 1 aliphatic rings. The molecule has 2 N–H and O–H groups in total. The molecule has 1 saturated carbocycles. The molecule has 0 bridgehead atoms. The van der Waals surface area contributed by atoms with E-state index in [0.717, 1.165) is 25.0 Å². The zero-order valence-corrected chi connectivity index (χ0v) is 11.1. The van der Waals surface area contributed by atoms with Crippen molar-refractivity contribution in [3.05, 3.63) is 29.3 Å². The van der Waals surface area contributed by atoms with Gasteiger partial charge in [-0.3, -0.25) is 4.79 Å². The van der Waals surface area contributed by atoms with Gasteiger partial charge in [0.15, 0.2) is 0 Å².